The Hall–Kier alpha value is -1.15. The molecular weight excluding hydrogens is 226 g/mol. The van der Waals surface area contributed by atoms with Gasteiger partial charge in [0.25, 0.3) is 0 Å². The fraction of sp³-hybridized carbons (Fsp3) is 0.400. The Bertz CT molecular complexity index is 527. The largest absolute Gasteiger partial charge is 0.241 e. The van der Waals surface area contributed by atoms with Crippen molar-refractivity contribution in [3.63, 3.8) is 0 Å². The molecule has 2 heteroatoms. The first kappa shape index (κ1) is 11.0. The summed E-state index contributed by atoms with van der Waals surface area (Å²) in [6, 6.07) is 6.89. The minimum Gasteiger partial charge on any atom is -0.241 e. The molecule has 88 valence electrons. The van der Waals surface area contributed by atoms with Gasteiger partial charge in [0.05, 0.1) is 10.7 Å². The van der Waals surface area contributed by atoms with Gasteiger partial charge in [-0.05, 0) is 49.3 Å². The van der Waals surface area contributed by atoms with Gasteiger partial charge >= 0.3 is 0 Å². The lowest BCUT2D eigenvalue weighted by molar-refractivity contribution is 0.686. The van der Waals surface area contributed by atoms with E-state index in [1.165, 1.54) is 36.3 Å². The number of thiazole rings is 1. The summed E-state index contributed by atoms with van der Waals surface area (Å²) in [5, 5.41) is 3.42. The molecule has 0 amide bonds. The van der Waals surface area contributed by atoms with E-state index in [1.807, 2.05) is 0 Å². The van der Waals surface area contributed by atoms with Gasteiger partial charge in [0.1, 0.15) is 0 Å². The summed E-state index contributed by atoms with van der Waals surface area (Å²) in [6.07, 6.45) is 6.23. The van der Waals surface area contributed by atoms with Crippen molar-refractivity contribution in [3.05, 3.63) is 39.7 Å². The van der Waals surface area contributed by atoms with Crippen molar-refractivity contribution in [2.24, 2.45) is 0 Å². The van der Waals surface area contributed by atoms with E-state index in [2.05, 4.69) is 35.5 Å². The Labute approximate surface area is 107 Å². The molecule has 1 aromatic carbocycles. The summed E-state index contributed by atoms with van der Waals surface area (Å²) < 4.78 is 0. The van der Waals surface area contributed by atoms with E-state index in [1.54, 1.807) is 22.5 Å². The topological polar surface area (TPSA) is 12.9 Å². The van der Waals surface area contributed by atoms with Crippen LogP contribution in [0, 0.1) is 0 Å². The molecule has 0 unspecified atom stereocenters. The number of fused-ring (bicyclic) bond motifs is 1. The molecule has 1 aliphatic rings. The highest BCUT2D eigenvalue weighted by Crippen LogP contribution is 2.28. The van der Waals surface area contributed by atoms with Crippen LogP contribution in [0.5, 0.6) is 0 Å². The molecular formula is C15H17NS. The second-order valence-electron chi connectivity index (χ2n) is 4.67. The first-order valence-corrected chi connectivity index (χ1v) is 7.31. The highest BCUT2D eigenvalue weighted by molar-refractivity contribution is 7.09. The van der Waals surface area contributed by atoms with E-state index in [-0.39, 0.29) is 0 Å². The Kier molecular flexibility index (Phi) is 2.98. The van der Waals surface area contributed by atoms with Gasteiger partial charge in [-0.25, -0.2) is 4.98 Å². The first-order chi connectivity index (χ1) is 8.36. The van der Waals surface area contributed by atoms with E-state index in [0.717, 1.165) is 12.1 Å². The lowest BCUT2D eigenvalue weighted by Gasteiger charge is -2.16. The number of aromatic nitrogens is 1. The fourth-order valence-corrected chi connectivity index (χ4v) is 3.25. The van der Waals surface area contributed by atoms with Crippen LogP contribution in [0.2, 0.25) is 0 Å². The predicted molar refractivity (Wildman–Crippen MR) is 73.6 cm³/mol. The van der Waals surface area contributed by atoms with Gasteiger partial charge in [-0.1, -0.05) is 19.1 Å². The zero-order valence-corrected chi connectivity index (χ0v) is 11.0. The van der Waals surface area contributed by atoms with Crippen LogP contribution in [-0.2, 0) is 19.3 Å². The summed E-state index contributed by atoms with van der Waals surface area (Å²) in [5.74, 6) is 0. The zero-order valence-electron chi connectivity index (χ0n) is 10.2. The number of nitrogens with zero attached hydrogens (tertiary/aromatic N) is 1. The maximum atomic E-state index is 4.67. The molecule has 0 saturated carbocycles. The second-order valence-corrected chi connectivity index (χ2v) is 5.61. The Morgan fingerprint density at radius 3 is 2.76 bits per heavy atom. The lowest BCUT2D eigenvalue weighted by Crippen LogP contribution is -2.02. The number of aryl methyl sites for hydroxylation is 3. The minimum absolute atomic E-state index is 1.04. The summed E-state index contributed by atoms with van der Waals surface area (Å²) in [4.78, 5) is 4.67. The van der Waals surface area contributed by atoms with Crippen LogP contribution in [0.25, 0.3) is 11.3 Å². The molecule has 3 rings (SSSR count). The van der Waals surface area contributed by atoms with Gasteiger partial charge in [0.15, 0.2) is 0 Å². The van der Waals surface area contributed by atoms with Gasteiger partial charge in [0, 0.05) is 10.9 Å². The van der Waals surface area contributed by atoms with Crippen molar-refractivity contribution < 1.29 is 0 Å². The van der Waals surface area contributed by atoms with E-state index in [0.29, 0.717) is 0 Å². The molecule has 17 heavy (non-hydrogen) atoms. The van der Waals surface area contributed by atoms with Crippen LogP contribution < -0.4 is 0 Å². The Balaban J connectivity index is 1.97. The third-order valence-electron chi connectivity index (χ3n) is 3.50. The molecule has 0 N–H and O–H groups in total. The first-order valence-electron chi connectivity index (χ1n) is 6.43. The molecule has 0 bridgehead atoms. The van der Waals surface area contributed by atoms with Crippen LogP contribution in [0.3, 0.4) is 0 Å². The summed E-state index contributed by atoms with van der Waals surface area (Å²) in [6.45, 7) is 2.16. The lowest BCUT2D eigenvalue weighted by atomic mass is 9.90. The number of benzene rings is 1. The fourth-order valence-electron chi connectivity index (χ4n) is 2.50. The van der Waals surface area contributed by atoms with Gasteiger partial charge in [-0.15, -0.1) is 11.3 Å². The number of rotatable bonds is 2. The molecule has 1 aliphatic carbocycles. The van der Waals surface area contributed by atoms with Crippen molar-refractivity contribution in [2.45, 2.75) is 39.0 Å². The molecule has 0 radical (unpaired) electrons. The van der Waals surface area contributed by atoms with E-state index >= 15 is 0 Å². The SMILES string of the molecule is CCc1nc(-c2ccc3c(c2)CCCC3)cs1. The molecule has 0 spiro atoms. The van der Waals surface area contributed by atoms with E-state index in [9.17, 15) is 0 Å². The molecule has 0 atom stereocenters. The molecule has 1 aromatic heterocycles. The number of hydrogen-bond acceptors (Lipinski definition) is 2. The predicted octanol–water partition coefficient (Wildman–Crippen LogP) is 4.25. The third-order valence-corrected chi connectivity index (χ3v) is 4.49. The van der Waals surface area contributed by atoms with Crippen LogP contribution in [0.4, 0.5) is 0 Å². The van der Waals surface area contributed by atoms with Gasteiger partial charge in [-0.2, -0.15) is 0 Å². The van der Waals surface area contributed by atoms with Crippen LogP contribution in [0.15, 0.2) is 23.6 Å². The maximum absolute atomic E-state index is 4.67. The monoisotopic (exact) mass is 243 g/mol. The van der Waals surface area contributed by atoms with Gasteiger partial charge in [0.2, 0.25) is 0 Å². The molecule has 0 saturated heterocycles. The molecule has 0 aliphatic heterocycles. The normalized spacial score (nSPS) is 14.6. The van der Waals surface area contributed by atoms with Crippen molar-refractivity contribution in [2.75, 3.05) is 0 Å². The standard InChI is InChI=1S/C15H17NS/c1-2-15-16-14(10-17-15)13-8-7-11-5-3-4-6-12(11)9-13/h7-10H,2-6H2,1H3. The number of hydrogen-bond donors (Lipinski definition) is 0. The van der Waals surface area contributed by atoms with E-state index in [4.69, 9.17) is 0 Å². The van der Waals surface area contributed by atoms with Gasteiger partial charge < -0.3 is 0 Å². The maximum Gasteiger partial charge on any atom is 0.0929 e. The molecule has 2 aromatic rings. The molecule has 1 heterocycles. The highest BCUT2D eigenvalue weighted by atomic mass is 32.1. The van der Waals surface area contributed by atoms with Crippen molar-refractivity contribution in [1.29, 1.82) is 0 Å². The molecule has 1 nitrogen and oxygen atoms in total. The Morgan fingerprint density at radius 1 is 1.18 bits per heavy atom. The second kappa shape index (κ2) is 4.61. The average molecular weight is 243 g/mol. The van der Waals surface area contributed by atoms with Crippen molar-refractivity contribution in [3.8, 4) is 11.3 Å². The van der Waals surface area contributed by atoms with E-state index < -0.39 is 0 Å². The van der Waals surface area contributed by atoms with Crippen LogP contribution in [-0.4, -0.2) is 4.98 Å². The third kappa shape index (κ3) is 2.14. The smallest absolute Gasteiger partial charge is 0.0929 e. The van der Waals surface area contributed by atoms with Gasteiger partial charge in [-0.3, -0.25) is 0 Å². The summed E-state index contributed by atoms with van der Waals surface area (Å²) in [5.41, 5.74) is 5.53. The highest BCUT2D eigenvalue weighted by Gasteiger charge is 2.11. The molecule has 0 fully saturated rings. The van der Waals surface area contributed by atoms with Crippen LogP contribution >= 0.6 is 11.3 Å². The minimum atomic E-state index is 1.04. The zero-order chi connectivity index (χ0) is 11.7. The van der Waals surface area contributed by atoms with Crippen LogP contribution in [0.1, 0.15) is 35.9 Å². The average Bonchev–Trinajstić information content (AvgIpc) is 2.87. The summed E-state index contributed by atoms with van der Waals surface area (Å²) >= 11 is 1.77. The Morgan fingerprint density at radius 2 is 2.00 bits per heavy atom. The van der Waals surface area contributed by atoms with Crippen molar-refractivity contribution >= 4 is 11.3 Å². The van der Waals surface area contributed by atoms with Crippen molar-refractivity contribution in [1.82, 2.24) is 4.98 Å². The summed E-state index contributed by atoms with van der Waals surface area (Å²) in [7, 11) is 0. The quantitative estimate of drug-likeness (QED) is 0.768.